The summed E-state index contributed by atoms with van der Waals surface area (Å²) >= 11 is 3.57. The Kier molecular flexibility index (Phi) is 4.52. The van der Waals surface area contributed by atoms with E-state index >= 15 is 0 Å². The lowest BCUT2D eigenvalue weighted by Crippen LogP contribution is -2.35. The maximum Gasteiger partial charge on any atom is 0.165 e. The van der Waals surface area contributed by atoms with Gasteiger partial charge in [0.2, 0.25) is 0 Å². The molecule has 1 aliphatic heterocycles. The van der Waals surface area contributed by atoms with Crippen LogP contribution >= 0.6 is 15.9 Å². The molecule has 0 aliphatic carbocycles. The van der Waals surface area contributed by atoms with Gasteiger partial charge in [-0.25, -0.2) is 4.98 Å². The van der Waals surface area contributed by atoms with Crippen molar-refractivity contribution in [3.8, 4) is 11.1 Å². The van der Waals surface area contributed by atoms with Crippen molar-refractivity contribution in [1.82, 2.24) is 24.5 Å². The van der Waals surface area contributed by atoms with E-state index in [-0.39, 0.29) is 5.78 Å². The molecule has 2 N–H and O–H groups in total. The predicted octanol–water partition coefficient (Wildman–Crippen LogP) is 3.45. The summed E-state index contributed by atoms with van der Waals surface area (Å²) in [7, 11) is 0. The number of nitrogens with zero attached hydrogens (tertiary/aromatic N) is 5. The number of nitrogens with two attached hydrogens (primary N) is 1. The predicted molar refractivity (Wildman–Crippen MR) is 115 cm³/mol. The van der Waals surface area contributed by atoms with Crippen LogP contribution in [0.15, 0.2) is 47.2 Å². The normalized spacial score (nSPS) is 15.4. The molecule has 1 saturated heterocycles. The number of likely N-dealkylation sites (tertiary alicyclic amines) is 1. The van der Waals surface area contributed by atoms with Gasteiger partial charge in [-0.2, -0.15) is 9.61 Å². The quantitative estimate of drug-likeness (QED) is 0.513. The van der Waals surface area contributed by atoms with Crippen molar-refractivity contribution in [2.45, 2.75) is 19.4 Å². The first-order valence-corrected chi connectivity index (χ1v) is 10.3. The van der Waals surface area contributed by atoms with Crippen LogP contribution < -0.4 is 5.73 Å². The second-order valence-electron chi connectivity index (χ2n) is 7.32. The highest BCUT2D eigenvalue weighted by Crippen LogP contribution is 2.31. The molecule has 0 amide bonds. The molecule has 3 aromatic heterocycles. The van der Waals surface area contributed by atoms with E-state index in [4.69, 9.17) is 10.7 Å². The van der Waals surface area contributed by atoms with Crippen molar-refractivity contribution < 1.29 is 4.79 Å². The summed E-state index contributed by atoms with van der Waals surface area (Å²) in [6, 6.07) is 10.1. The van der Waals surface area contributed by atoms with Gasteiger partial charge in [0.25, 0.3) is 0 Å². The van der Waals surface area contributed by atoms with Gasteiger partial charge in [-0.15, -0.1) is 0 Å². The van der Waals surface area contributed by atoms with Crippen molar-refractivity contribution in [2.75, 3.05) is 18.8 Å². The first-order valence-electron chi connectivity index (χ1n) is 9.51. The van der Waals surface area contributed by atoms with Crippen LogP contribution in [0, 0.1) is 0 Å². The Morgan fingerprint density at radius 2 is 2.07 bits per heavy atom. The Bertz CT molecular complexity index is 1250. The summed E-state index contributed by atoms with van der Waals surface area (Å²) in [6.45, 7) is 1.90. The van der Waals surface area contributed by atoms with Crippen LogP contribution in [-0.2, 0) is 11.3 Å². The molecule has 146 valence electrons. The molecule has 1 aliphatic rings. The Labute approximate surface area is 175 Å². The number of benzene rings is 1. The van der Waals surface area contributed by atoms with Crippen LogP contribution in [0.4, 0.5) is 5.82 Å². The summed E-state index contributed by atoms with van der Waals surface area (Å²) < 4.78 is 2.36. The zero-order valence-corrected chi connectivity index (χ0v) is 17.3. The molecule has 8 heteroatoms. The molecule has 29 heavy (non-hydrogen) atoms. The minimum Gasteiger partial charge on any atom is -0.383 e. The lowest BCUT2D eigenvalue weighted by atomic mass is 10.1. The Hall–Kier alpha value is -2.84. The SMILES string of the molecule is Nc1c(Br)c(CN2CCCC(=O)C2)nc2c(-c3cnc4ccccc4c3)cnn12. The average Bonchev–Trinajstić information content (AvgIpc) is 3.15. The fraction of sp³-hybridized carbons (Fsp3) is 0.238. The van der Waals surface area contributed by atoms with E-state index in [2.05, 4.69) is 37.0 Å². The van der Waals surface area contributed by atoms with Gasteiger partial charge in [-0.05, 0) is 41.0 Å². The zero-order valence-electron chi connectivity index (χ0n) is 15.7. The molecule has 0 bridgehead atoms. The highest BCUT2D eigenvalue weighted by Gasteiger charge is 2.21. The third-order valence-electron chi connectivity index (χ3n) is 5.30. The van der Waals surface area contributed by atoms with E-state index in [1.807, 2.05) is 30.5 Å². The summed E-state index contributed by atoms with van der Waals surface area (Å²) in [5, 5.41) is 5.50. The minimum absolute atomic E-state index is 0.272. The molecule has 1 aromatic carbocycles. The molecular formula is C21H19BrN6O. The van der Waals surface area contributed by atoms with Crippen molar-refractivity contribution in [3.63, 3.8) is 0 Å². The van der Waals surface area contributed by atoms with Gasteiger partial charge < -0.3 is 5.73 Å². The summed E-state index contributed by atoms with van der Waals surface area (Å²) in [5.41, 5.74) is 10.6. The lowest BCUT2D eigenvalue weighted by Gasteiger charge is -2.25. The highest BCUT2D eigenvalue weighted by atomic mass is 79.9. The number of rotatable bonds is 3. The second kappa shape index (κ2) is 7.20. The Morgan fingerprint density at radius 1 is 1.21 bits per heavy atom. The van der Waals surface area contributed by atoms with Gasteiger partial charge >= 0.3 is 0 Å². The van der Waals surface area contributed by atoms with E-state index in [1.54, 1.807) is 10.7 Å². The number of pyridine rings is 1. The lowest BCUT2D eigenvalue weighted by molar-refractivity contribution is -0.122. The monoisotopic (exact) mass is 450 g/mol. The largest absolute Gasteiger partial charge is 0.383 e. The highest BCUT2D eigenvalue weighted by molar-refractivity contribution is 9.10. The van der Waals surface area contributed by atoms with Gasteiger partial charge in [0, 0.05) is 35.7 Å². The van der Waals surface area contributed by atoms with E-state index in [0.29, 0.717) is 35.4 Å². The van der Waals surface area contributed by atoms with Gasteiger partial charge in [-0.1, -0.05) is 18.2 Å². The number of nitrogen functional groups attached to an aromatic ring is 1. The third-order valence-corrected chi connectivity index (χ3v) is 6.16. The number of carbonyl (C=O) groups is 1. The van der Waals surface area contributed by atoms with Crippen molar-refractivity contribution in [1.29, 1.82) is 0 Å². The third kappa shape index (κ3) is 3.28. The van der Waals surface area contributed by atoms with E-state index in [0.717, 1.165) is 40.7 Å². The minimum atomic E-state index is 0.272. The maximum atomic E-state index is 11.8. The number of carbonyl (C=O) groups excluding carboxylic acids is 1. The van der Waals surface area contributed by atoms with Gasteiger partial charge in [-0.3, -0.25) is 14.7 Å². The second-order valence-corrected chi connectivity index (χ2v) is 8.11. The summed E-state index contributed by atoms with van der Waals surface area (Å²) in [4.78, 5) is 23.3. The summed E-state index contributed by atoms with van der Waals surface area (Å²) in [5.74, 6) is 0.766. The van der Waals surface area contributed by atoms with Crippen molar-refractivity contribution in [3.05, 3.63) is 52.9 Å². The van der Waals surface area contributed by atoms with Crippen LogP contribution in [-0.4, -0.2) is 43.4 Å². The fourth-order valence-corrected chi connectivity index (χ4v) is 4.21. The first kappa shape index (κ1) is 18.2. The molecule has 4 heterocycles. The number of aromatic nitrogens is 4. The van der Waals surface area contributed by atoms with Crippen LogP contribution in [0.3, 0.4) is 0 Å². The van der Waals surface area contributed by atoms with Gasteiger partial charge in [0.1, 0.15) is 11.6 Å². The number of anilines is 1. The topological polar surface area (TPSA) is 89.4 Å². The Morgan fingerprint density at radius 3 is 2.93 bits per heavy atom. The Balaban J connectivity index is 1.59. The van der Waals surface area contributed by atoms with E-state index in [9.17, 15) is 4.79 Å². The summed E-state index contributed by atoms with van der Waals surface area (Å²) in [6.07, 6.45) is 5.15. The van der Waals surface area contributed by atoms with E-state index < -0.39 is 0 Å². The molecule has 0 spiro atoms. The molecule has 0 radical (unpaired) electrons. The number of fused-ring (bicyclic) bond motifs is 2. The van der Waals surface area contributed by atoms with E-state index in [1.165, 1.54) is 0 Å². The number of Topliss-reactive ketones (excluding diaryl/α,β-unsaturated/α-hetero) is 1. The van der Waals surface area contributed by atoms with Crippen molar-refractivity contribution in [2.24, 2.45) is 0 Å². The molecule has 0 atom stereocenters. The fourth-order valence-electron chi connectivity index (χ4n) is 3.82. The molecule has 5 rings (SSSR count). The first-order chi connectivity index (χ1) is 14.1. The number of para-hydroxylation sites is 1. The molecule has 0 unspecified atom stereocenters. The maximum absolute atomic E-state index is 11.8. The van der Waals surface area contributed by atoms with Crippen LogP contribution in [0.25, 0.3) is 27.7 Å². The molecule has 4 aromatic rings. The van der Waals surface area contributed by atoms with Crippen LogP contribution in [0.2, 0.25) is 0 Å². The van der Waals surface area contributed by atoms with Crippen LogP contribution in [0.1, 0.15) is 18.5 Å². The zero-order chi connectivity index (χ0) is 20.0. The number of ketones is 1. The number of hydrogen-bond acceptors (Lipinski definition) is 6. The molecule has 1 fully saturated rings. The van der Waals surface area contributed by atoms with Crippen molar-refractivity contribution >= 4 is 44.1 Å². The number of hydrogen-bond donors (Lipinski definition) is 1. The van der Waals surface area contributed by atoms with Gasteiger partial charge in [0.15, 0.2) is 5.65 Å². The number of piperidine rings is 1. The molecule has 0 saturated carbocycles. The average molecular weight is 451 g/mol. The number of halogens is 1. The smallest absolute Gasteiger partial charge is 0.165 e. The molecule has 7 nitrogen and oxygen atoms in total. The van der Waals surface area contributed by atoms with Gasteiger partial charge in [0.05, 0.1) is 28.4 Å². The standard InChI is InChI=1S/C21H19BrN6O/c22-19-18(12-27-7-3-5-15(29)11-27)26-21-16(10-25-28(21)20(19)23)14-8-13-4-1-2-6-17(13)24-9-14/h1-2,4,6,8-10H,3,5,7,11-12,23H2. The van der Waals surface area contributed by atoms with Crippen LogP contribution in [0.5, 0.6) is 0 Å². The molecular weight excluding hydrogens is 432 g/mol.